The van der Waals surface area contributed by atoms with Gasteiger partial charge in [0.25, 0.3) is 0 Å². The highest BCUT2D eigenvalue weighted by Crippen LogP contribution is 2.24. The van der Waals surface area contributed by atoms with Crippen LogP contribution in [0.3, 0.4) is 0 Å². The van der Waals surface area contributed by atoms with Crippen LogP contribution in [-0.4, -0.2) is 35.0 Å². The fraction of sp³-hybridized carbons (Fsp3) is 0.227. The lowest BCUT2D eigenvalue weighted by Crippen LogP contribution is -2.07. The Labute approximate surface area is 173 Å². The Bertz CT molecular complexity index is 970. The molecule has 0 bridgehead atoms. The first-order chi connectivity index (χ1) is 14.2. The number of ether oxygens (including phenoxy) is 1. The van der Waals surface area contributed by atoms with Gasteiger partial charge in [-0.1, -0.05) is 54.5 Å². The molecule has 0 fully saturated rings. The van der Waals surface area contributed by atoms with E-state index in [4.69, 9.17) is 14.7 Å². The van der Waals surface area contributed by atoms with Crippen LogP contribution in [0.2, 0.25) is 0 Å². The van der Waals surface area contributed by atoms with Crippen LogP contribution in [0.25, 0.3) is 10.6 Å². The molecular weight excluding hydrogens is 388 g/mol. The quantitative estimate of drug-likeness (QED) is 0.299. The third-order valence-electron chi connectivity index (χ3n) is 4.03. The number of rotatable bonds is 10. The molecule has 0 radical (unpaired) electrons. The number of hydrogen-bond donors (Lipinski definition) is 1. The first kappa shape index (κ1) is 20.5. The van der Waals surface area contributed by atoms with Crippen molar-refractivity contribution in [3.05, 3.63) is 71.2 Å². The molecule has 1 aromatic heterocycles. The van der Waals surface area contributed by atoms with Crippen LogP contribution in [0.4, 0.5) is 0 Å². The lowest BCUT2D eigenvalue weighted by Gasteiger charge is -2.07. The predicted octanol–water partition coefficient (Wildman–Crippen LogP) is 4.65. The maximum atomic E-state index is 10.8. The summed E-state index contributed by atoms with van der Waals surface area (Å²) in [5, 5.41) is 16.0. The van der Waals surface area contributed by atoms with Gasteiger partial charge < -0.3 is 14.7 Å². The summed E-state index contributed by atoms with van der Waals surface area (Å²) < 4.78 is 5.61. The number of carboxylic acid groups (broad SMARTS) is 1. The molecule has 0 saturated heterocycles. The normalized spacial score (nSPS) is 11.3. The average Bonchev–Trinajstić information content (AvgIpc) is 3.21. The van der Waals surface area contributed by atoms with E-state index in [1.165, 1.54) is 0 Å². The second-order valence-corrected chi connectivity index (χ2v) is 7.05. The van der Waals surface area contributed by atoms with E-state index in [0.717, 1.165) is 22.0 Å². The molecule has 7 heteroatoms. The minimum atomic E-state index is -0.871. The van der Waals surface area contributed by atoms with E-state index in [0.29, 0.717) is 24.3 Å². The van der Waals surface area contributed by atoms with Crippen LogP contribution in [0.15, 0.2) is 65.1 Å². The molecule has 3 aromatic rings. The van der Waals surface area contributed by atoms with Crippen LogP contribution in [0, 0.1) is 0 Å². The summed E-state index contributed by atoms with van der Waals surface area (Å²) in [4.78, 5) is 20.9. The number of oxime groups is 1. The topological polar surface area (TPSA) is 81.0 Å². The molecule has 0 aliphatic carbocycles. The van der Waals surface area contributed by atoms with E-state index in [1.54, 1.807) is 35.6 Å². The molecule has 2 aromatic carbocycles. The van der Waals surface area contributed by atoms with Crippen molar-refractivity contribution in [1.29, 1.82) is 0 Å². The standard InChI is InChI=1S/C22H22N2O4S/c1-2-19(20-15-29-22(23-20)17-8-4-3-5-9-17)24-28-12-11-27-18-10-6-7-16(13-18)14-21(25)26/h3-10,13,15H,2,11-12,14H2,1H3,(H,25,26)/b24-19+. The van der Waals surface area contributed by atoms with Crippen LogP contribution in [0.5, 0.6) is 5.75 Å². The summed E-state index contributed by atoms with van der Waals surface area (Å²) >= 11 is 1.58. The zero-order chi connectivity index (χ0) is 20.5. The van der Waals surface area contributed by atoms with Gasteiger partial charge in [0.05, 0.1) is 12.1 Å². The third kappa shape index (κ3) is 6.15. The Balaban J connectivity index is 1.52. The molecule has 29 heavy (non-hydrogen) atoms. The first-order valence-electron chi connectivity index (χ1n) is 9.29. The van der Waals surface area contributed by atoms with Crippen LogP contribution in [-0.2, 0) is 16.1 Å². The van der Waals surface area contributed by atoms with E-state index >= 15 is 0 Å². The Morgan fingerprint density at radius 3 is 2.72 bits per heavy atom. The van der Waals surface area contributed by atoms with Crippen molar-refractivity contribution in [2.45, 2.75) is 19.8 Å². The molecule has 1 heterocycles. The lowest BCUT2D eigenvalue weighted by atomic mass is 10.1. The lowest BCUT2D eigenvalue weighted by molar-refractivity contribution is -0.136. The predicted molar refractivity (Wildman–Crippen MR) is 114 cm³/mol. The fourth-order valence-electron chi connectivity index (χ4n) is 2.65. The average molecular weight is 410 g/mol. The minimum absolute atomic E-state index is 0.0313. The molecule has 0 aliphatic heterocycles. The van der Waals surface area contributed by atoms with Crippen LogP contribution >= 0.6 is 11.3 Å². The number of thiazole rings is 1. The summed E-state index contributed by atoms with van der Waals surface area (Å²) in [6.07, 6.45) is 0.673. The van der Waals surface area contributed by atoms with Gasteiger partial charge in [0, 0.05) is 10.9 Å². The second-order valence-electron chi connectivity index (χ2n) is 6.20. The number of carboxylic acids is 1. The molecule has 6 nitrogen and oxygen atoms in total. The minimum Gasteiger partial charge on any atom is -0.490 e. The Morgan fingerprint density at radius 1 is 1.14 bits per heavy atom. The highest BCUT2D eigenvalue weighted by Gasteiger charge is 2.09. The zero-order valence-corrected chi connectivity index (χ0v) is 16.9. The maximum absolute atomic E-state index is 10.8. The molecule has 0 saturated carbocycles. The number of aromatic nitrogens is 1. The number of aliphatic carboxylic acids is 1. The Hall–Kier alpha value is -3.19. The highest BCUT2D eigenvalue weighted by molar-refractivity contribution is 7.13. The van der Waals surface area contributed by atoms with E-state index in [1.807, 2.05) is 42.6 Å². The van der Waals surface area contributed by atoms with Crippen molar-refractivity contribution >= 4 is 23.0 Å². The Kier molecular flexibility index (Phi) is 7.35. The molecule has 0 spiro atoms. The molecule has 0 atom stereocenters. The van der Waals surface area contributed by atoms with E-state index in [2.05, 4.69) is 10.1 Å². The van der Waals surface area contributed by atoms with Gasteiger partial charge in [0.1, 0.15) is 23.1 Å². The maximum Gasteiger partial charge on any atom is 0.307 e. The van der Waals surface area contributed by atoms with Gasteiger partial charge in [-0.3, -0.25) is 4.79 Å². The largest absolute Gasteiger partial charge is 0.490 e. The molecule has 150 valence electrons. The van der Waals surface area contributed by atoms with Crippen LogP contribution < -0.4 is 4.74 Å². The molecular formula is C22H22N2O4S. The number of carbonyl (C=O) groups is 1. The van der Waals surface area contributed by atoms with Gasteiger partial charge in [-0.15, -0.1) is 11.3 Å². The highest BCUT2D eigenvalue weighted by atomic mass is 32.1. The van der Waals surface area contributed by atoms with Gasteiger partial charge in [-0.2, -0.15) is 0 Å². The summed E-state index contributed by atoms with van der Waals surface area (Å²) in [6, 6.07) is 17.1. The van der Waals surface area contributed by atoms with Crippen molar-refractivity contribution < 1.29 is 19.5 Å². The monoisotopic (exact) mass is 410 g/mol. The SMILES string of the molecule is CC/C(=N\OCCOc1cccc(CC(=O)O)c1)c1csc(-c2ccccc2)n1. The molecule has 0 unspecified atom stereocenters. The van der Waals surface area contributed by atoms with Gasteiger partial charge in [-0.25, -0.2) is 4.98 Å². The molecule has 0 aliphatic rings. The van der Waals surface area contributed by atoms with Gasteiger partial charge >= 0.3 is 5.97 Å². The smallest absolute Gasteiger partial charge is 0.307 e. The number of benzene rings is 2. The van der Waals surface area contributed by atoms with E-state index < -0.39 is 5.97 Å². The van der Waals surface area contributed by atoms with Gasteiger partial charge in [0.15, 0.2) is 6.61 Å². The molecule has 3 rings (SSSR count). The van der Waals surface area contributed by atoms with E-state index in [9.17, 15) is 4.79 Å². The van der Waals surface area contributed by atoms with Crippen molar-refractivity contribution in [1.82, 2.24) is 4.98 Å². The second kappa shape index (κ2) is 10.4. The summed E-state index contributed by atoms with van der Waals surface area (Å²) in [7, 11) is 0. The number of nitrogens with zero attached hydrogens (tertiary/aromatic N) is 2. The molecule has 0 amide bonds. The summed E-state index contributed by atoms with van der Waals surface area (Å²) in [5.74, 6) is -0.261. The van der Waals surface area contributed by atoms with Gasteiger partial charge in [-0.05, 0) is 24.1 Å². The Morgan fingerprint density at radius 2 is 1.97 bits per heavy atom. The van der Waals surface area contributed by atoms with Gasteiger partial charge in [0.2, 0.25) is 0 Å². The third-order valence-corrected chi connectivity index (χ3v) is 4.92. The molecule has 1 N–H and O–H groups in total. The van der Waals surface area contributed by atoms with Crippen LogP contribution in [0.1, 0.15) is 24.6 Å². The zero-order valence-electron chi connectivity index (χ0n) is 16.1. The fourth-order valence-corrected chi connectivity index (χ4v) is 3.49. The summed E-state index contributed by atoms with van der Waals surface area (Å²) in [5.41, 5.74) is 3.38. The van der Waals surface area contributed by atoms with E-state index in [-0.39, 0.29) is 13.0 Å². The van der Waals surface area contributed by atoms with Crippen molar-refractivity contribution in [2.24, 2.45) is 5.16 Å². The summed E-state index contributed by atoms with van der Waals surface area (Å²) in [6.45, 7) is 2.60. The number of hydrogen-bond acceptors (Lipinski definition) is 6. The van der Waals surface area contributed by atoms with Crippen molar-refractivity contribution in [3.63, 3.8) is 0 Å². The van der Waals surface area contributed by atoms with Crippen molar-refractivity contribution in [3.8, 4) is 16.3 Å². The van der Waals surface area contributed by atoms with Crippen molar-refractivity contribution in [2.75, 3.05) is 13.2 Å². The first-order valence-corrected chi connectivity index (χ1v) is 10.2.